The monoisotopic (exact) mass is 295 g/mol. The first kappa shape index (κ1) is 16.7. The van der Waals surface area contributed by atoms with E-state index in [-0.39, 0.29) is 6.42 Å². The fourth-order valence-electron chi connectivity index (χ4n) is 1.88. The zero-order chi connectivity index (χ0) is 14.4. The van der Waals surface area contributed by atoms with Crippen LogP contribution in [0, 0.1) is 0 Å². The van der Waals surface area contributed by atoms with Crippen molar-refractivity contribution < 1.29 is 34.3 Å². The Hall–Kier alpha value is -0.380. The Balaban J connectivity index is 2.51. The lowest BCUT2D eigenvalue weighted by Crippen LogP contribution is -2.59. The Bertz CT molecular complexity index is 288. The van der Waals surface area contributed by atoms with Gasteiger partial charge >= 0.3 is 0 Å². The van der Waals surface area contributed by atoms with Gasteiger partial charge in [0.25, 0.3) is 0 Å². The first-order chi connectivity index (χ1) is 9.01. The van der Waals surface area contributed by atoms with Gasteiger partial charge in [0.2, 0.25) is 0 Å². The van der Waals surface area contributed by atoms with E-state index in [1.165, 1.54) is 26.0 Å². The van der Waals surface area contributed by atoms with Crippen LogP contribution in [0.2, 0.25) is 0 Å². The summed E-state index contributed by atoms with van der Waals surface area (Å²) in [4.78, 5) is 10.3. The Morgan fingerprint density at radius 2 is 2.00 bits per heavy atom. The van der Waals surface area contributed by atoms with Crippen molar-refractivity contribution in [3.05, 3.63) is 0 Å². The predicted molar refractivity (Wildman–Crippen MR) is 65.4 cm³/mol. The fourth-order valence-corrected chi connectivity index (χ4v) is 2.86. The largest absolute Gasteiger partial charge is 0.550 e. The van der Waals surface area contributed by atoms with Gasteiger partial charge in [-0.1, -0.05) is 0 Å². The molecule has 1 rings (SSSR count). The quantitative estimate of drug-likeness (QED) is 0.518. The third-order valence-electron chi connectivity index (χ3n) is 2.88. The number of hydrogen-bond acceptors (Lipinski definition) is 8. The van der Waals surface area contributed by atoms with Crippen molar-refractivity contribution in [2.24, 2.45) is 0 Å². The molecule has 7 nitrogen and oxygen atoms in total. The molecule has 0 saturated carbocycles. The molecular weight excluding hydrogens is 276 g/mol. The van der Waals surface area contributed by atoms with E-state index in [4.69, 9.17) is 14.2 Å². The molecule has 2 unspecified atom stereocenters. The summed E-state index contributed by atoms with van der Waals surface area (Å²) < 4.78 is 15.6. The summed E-state index contributed by atoms with van der Waals surface area (Å²) in [5, 5.41) is 29.9. The van der Waals surface area contributed by atoms with Crippen LogP contribution in [-0.4, -0.2) is 72.6 Å². The highest BCUT2D eigenvalue weighted by Gasteiger charge is 2.44. The van der Waals surface area contributed by atoms with E-state index < -0.39 is 36.7 Å². The van der Waals surface area contributed by atoms with Gasteiger partial charge in [-0.05, 0) is 12.2 Å². The van der Waals surface area contributed by atoms with E-state index >= 15 is 0 Å². The molecule has 19 heavy (non-hydrogen) atoms. The summed E-state index contributed by atoms with van der Waals surface area (Å²) in [6, 6.07) is 0. The van der Waals surface area contributed by atoms with Crippen LogP contribution in [0.25, 0.3) is 0 Å². The van der Waals surface area contributed by atoms with E-state index in [0.29, 0.717) is 11.5 Å². The maximum atomic E-state index is 10.3. The zero-order valence-corrected chi connectivity index (χ0v) is 11.7. The first-order valence-electron chi connectivity index (χ1n) is 5.86. The minimum Gasteiger partial charge on any atom is -0.550 e. The van der Waals surface area contributed by atoms with Gasteiger partial charge in [0, 0.05) is 25.9 Å². The van der Waals surface area contributed by atoms with Gasteiger partial charge in [0.15, 0.2) is 6.29 Å². The molecule has 0 aromatic rings. The summed E-state index contributed by atoms with van der Waals surface area (Å²) in [7, 11) is 2.78. The van der Waals surface area contributed by atoms with Crippen LogP contribution < -0.4 is 5.11 Å². The number of carboxylic acid groups (broad SMARTS) is 1. The van der Waals surface area contributed by atoms with Gasteiger partial charge in [-0.15, -0.1) is 0 Å². The predicted octanol–water partition coefficient (Wildman–Crippen LogP) is -2.03. The van der Waals surface area contributed by atoms with Crippen molar-refractivity contribution in [3.63, 3.8) is 0 Å². The highest BCUT2D eigenvalue weighted by Crippen LogP contribution is 2.26. The third-order valence-corrected chi connectivity index (χ3v) is 3.93. The molecule has 5 atom stereocenters. The molecule has 0 amide bonds. The molecule has 2 N–H and O–H groups in total. The zero-order valence-electron chi connectivity index (χ0n) is 10.9. The second-order valence-electron chi connectivity index (χ2n) is 4.16. The van der Waals surface area contributed by atoms with Crippen molar-refractivity contribution in [3.8, 4) is 0 Å². The summed E-state index contributed by atoms with van der Waals surface area (Å²) in [6.07, 6.45) is -4.44. The van der Waals surface area contributed by atoms with Crippen molar-refractivity contribution in [2.45, 2.75) is 37.1 Å². The summed E-state index contributed by atoms with van der Waals surface area (Å²) >= 11 is 1.35. The average molecular weight is 295 g/mol. The van der Waals surface area contributed by atoms with Crippen molar-refractivity contribution in [1.29, 1.82) is 0 Å². The molecule has 0 aromatic carbocycles. The van der Waals surface area contributed by atoms with Crippen LogP contribution in [0.15, 0.2) is 0 Å². The van der Waals surface area contributed by atoms with Crippen molar-refractivity contribution in [1.82, 2.24) is 0 Å². The molecule has 0 aliphatic carbocycles. The molecule has 8 heteroatoms. The molecule has 1 heterocycles. The van der Waals surface area contributed by atoms with Gasteiger partial charge in [-0.3, -0.25) is 0 Å². The highest BCUT2D eigenvalue weighted by molar-refractivity contribution is 7.99. The van der Waals surface area contributed by atoms with Gasteiger partial charge in [0.05, 0.1) is 6.10 Å². The second-order valence-corrected chi connectivity index (χ2v) is 5.31. The molecule has 0 bridgehead atoms. The summed E-state index contributed by atoms with van der Waals surface area (Å²) in [5.41, 5.74) is 0. The molecule has 1 fully saturated rings. The van der Waals surface area contributed by atoms with Crippen LogP contribution in [0.4, 0.5) is 0 Å². The third kappa shape index (κ3) is 4.59. The second kappa shape index (κ2) is 8.03. The molecule has 1 aliphatic heterocycles. The van der Waals surface area contributed by atoms with Crippen molar-refractivity contribution in [2.75, 3.05) is 25.7 Å². The van der Waals surface area contributed by atoms with E-state index in [1.54, 1.807) is 0 Å². The number of thioether (sulfide) groups is 1. The summed E-state index contributed by atoms with van der Waals surface area (Å²) in [5.74, 6) is -0.296. The topological polar surface area (TPSA) is 108 Å². The minimum absolute atomic E-state index is 0.0477. The molecule has 112 valence electrons. The molecular formula is C11H19O7S-. The Kier molecular flexibility index (Phi) is 7.05. The average Bonchev–Trinajstić information content (AvgIpc) is 2.38. The maximum absolute atomic E-state index is 10.3. The highest BCUT2D eigenvalue weighted by atomic mass is 32.2. The fraction of sp³-hybridized carbons (Fsp3) is 0.909. The Morgan fingerprint density at radius 1 is 1.32 bits per heavy atom. The smallest absolute Gasteiger partial charge is 0.186 e. The molecule has 0 aromatic heterocycles. The van der Waals surface area contributed by atoms with Gasteiger partial charge in [-0.2, -0.15) is 11.8 Å². The number of ether oxygens (including phenoxy) is 3. The number of carboxylic acids is 1. The van der Waals surface area contributed by atoms with Crippen LogP contribution in [0.3, 0.4) is 0 Å². The Labute approximate surface area is 115 Å². The molecule has 1 aliphatic rings. The van der Waals surface area contributed by atoms with E-state index in [1.807, 2.05) is 0 Å². The lowest BCUT2D eigenvalue weighted by molar-refractivity contribution is -0.305. The number of aliphatic hydroxyl groups is 2. The lowest BCUT2D eigenvalue weighted by Gasteiger charge is -2.41. The Morgan fingerprint density at radius 3 is 2.53 bits per heavy atom. The van der Waals surface area contributed by atoms with Crippen LogP contribution in [0.1, 0.15) is 6.42 Å². The number of rotatable bonds is 7. The number of methoxy groups -OCH3 is 2. The standard InChI is InChI=1S/C11H20O7S/c1-16-10-6(5-19-4-3-7(12)13)18-11(17-2)9(15)8(10)14/h6,8-11,14-15H,3-5H2,1-2H3,(H,12,13)/p-1/t6?,8-,9?,10-,11+/m1/s1. The molecule has 1 saturated heterocycles. The molecule has 0 radical (unpaired) electrons. The number of aliphatic hydroxyl groups excluding tert-OH is 2. The van der Waals surface area contributed by atoms with Crippen LogP contribution >= 0.6 is 11.8 Å². The normalized spacial score (nSPS) is 35.3. The van der Waals surface area contributed by atoms with E-state index in [9.17, 15) is 20.1 Å². The molecule has 0 spiro atoms. The first-order valence-corrected chi connectivity index (χ1v) is 7.01. The van der Waals surface area contributed by atoms with Crippen LogP contribution in [0.5, 0.6) is 0 Å². The van der Waals surface area contributed by atoms with Crippen LogP contribution in [-0.2, 0) is 19.0 Å². The van der Waals surface area contributed by atoms with Gasteiger partial charge < -0.3 is 34.3 Å². The lowest BCUT2D eigenvalue weighted by atomic mass is 10.00. The maximum Gasteiger partial charge on any atom is 0.186 e. The minimum atomic E-state index is -1.18. The number of carbonyl (C=O) groups is 1. The summed E-state index contributed by atoms with van der Waals surface area (Å²) in [6.45, 7) is 0. The van der Waals surface area contributed by atoms with E-state index in [2.05, 4.69) is 0 Å². The number of aliphatic carboxylic acids is 1. The van der Waals surface area contributed by atoms with Crippen molar-refractivity contribution >= 4 is 17.7 Å². The number of carbonyl (C=O) groups excluding carboxylic acids is 1. The van der Waals surface area contributed by atoms with E-state index in [0.717, 1.165) is 0 Å². The SMILES string of the molecule is CO[C@H]1OC(CSCCC(=O)[O-])[C@@H](OC)[C@H](O)C1O. The van der Waals surface area contributed by atoms with Gasteiger partial charge in [0.1, 0.15) is 18.3 Å². The number of hydrogen-bond donors (Lipinski definition) is 2. The van der Waals surface area contributed by atoms with Gasteiger partial charge in [-0.25, -0.2) is 0 Å².